The fourth-order valence-corrected chi connectivity index (χ4v) is 3.12. The second kappa shape index (κ2) is 6.26. The molecule has 2 unspecified atom stereocenters. The molecule has 0 amide bonds. The molecule has 126 valence electrons. The minimum atomic E-state index is -2.38. The first-order valence-electron chi connectivity index (χ1n) is 7.53. The van der Waals surface area contributed by atoms with Crippen LogP contribution in [0.1, 0.15) is 42.4 Å². The predicted molar refractivity (Wildman–Crippen MR) is 80.2 cm³/mol. The lowest BCUT2D eigenvalue weighted by molar-refractivity contribution is -0.120. The zero-order chi connectivity index (χ0) is 17.4. The maximum absolute atomic E-state index is 14.6. The van der Waals surface area contributed by atoms with Gasteiger partial charge in [0.2, 0.25) is 0 Å². The number of ether oxygens (including phenoxy) is 1. The van der Waals surface area contributed by atoms with Gasteiger partial charge in [0.15, 0.2) is 23.9 Å². The Labute approximate surface area is 136 Å². The number of carbonyl (C=O) groups excluding carboxylic acids is 1. The number of fused-ring (bicyclic) bond motifs is 3. The Morgan fingerprint density at radius 2 is 1.58 bits per heavy atom. The van der Waals surface area contributed by atoms with Crippen molar-refractivity contribution in [2.75, 3.05) is 0 Å². The lowest BCUT2D eigenvalue weighted by Gasteiger charge is -2.28. The molecule has 0 aliphatic heterocycles. The molecule has 1 aliphatic carbocycles. The van der Waals surface area contributed by atoms with Gasteiger partial charge in [-0.1, -0.05) is 31.5 Å². The van der Waals surface area contributed by atoms with Gasteiger partial charge in [-0.25, -0.2) is 17.6 Å². The van der Waals surface area contributed by atoms with Crippen LogP contribution in [-0.4, -0.2) is 6.47 Å². The van der Waals surface area contributed by atoms with Crippen LogP contribution in [0.4, 0.5) is 17.6 Å². The molecule has 1 aliphatic rings. The van der Waals surface area contributed by atoms with Gasteiger partial charge in [-0.05, 0) is 29.2 Å². The summed E-state index contributed by atoms with van der Waals surface area (Å²) in [5.41, 5.74) is -0.471. The van der Waals surface area contributed by atoms with E-state index in [4.69, 9.17) is 0 Å². The largest absolute Gasteiger partial charge is 0.426 e. The molecule has 0 heterocycles. The molecule has 24 heavy (non-hydrogen) atoms. The van der Waals surface area contributed by atoms with E-state index < -0.39 is 35.3 Å². The van der Waals surface area contributed by atoms with Gasteiger partial charge in [-0.3, -0.25) is 4.79 Å². The zero-order valence-electron chi connectivity index (χ0n) is 12.8. The van der Waals surface area contributed by atoms with Crippen LogP contribution in [0.3, 0.4) is 0 Å². The van der Waals surface area contributed by atoms with E-state index >= 15 is 0 Å². The molecule has 2 aromatic carbocycles. The standard InChI is InChI=1S/C18H14F4O2/c1-2-3-9-4-5-10-11-6-7-12(24-8-23)16(20)14(11)18(22)17(21)13(10)15(9)19/h4-8,17-18H,2-3H2,1H3. The highest BCUT2D eigenvalue weighted by Crippen LogP contribution is 2.51. The minimum Gasteiger partial charge on any atom is -0.426 e. The molecule has 2 atom stereocenters. The molecule has 2 aromatic rings. The number of alkyl halides is 2. The van der Waals surface area contributed by atoms with E-state index in [0.717, 1.165) is 6.07 Å². The maximum atomic E-state index is 14.6. The molecule has 0 aromatic heterocycles. The zero-order valence-corrected chi connectivity index (χ0v) is 12.8. The Kier molecular flexibility index (Phi) is 4.30. The van der Waals surface area contributed by atoms with E-state index in [0.29, 0.717) is 18.4 Å². The Balaban J connectivity index is 2.25. The highest BCUT2D eigenvalue weighted by Gasteiger charge is 2.39. The van der Waals surface area contributed by atoms with Crippen molar-refractivity contribution >= 4 is 6.47 Å². The van der Waals surface area contributed by atoms with Crippen molar-refractivity contribution in [3.63, 3.8) is 0 Å². The average molecular weight is 338 g/mol. The van der Waals surface area contributed by atoms with E-state index in [1.165, 1.54) is 18.2 Å². The first kappa shape index (κ1) is 16.5. The van der Waals surface area contributed by atoms with Crippen molar-refractivity contribution in [3.05, 3.63) is 52.6 Å². The third kappa shape index (κ3) is 2.37. The van der Waals surface area contributed by atoms with Crippen LogP contribution in [0.25, 0.3) is 11.1 Å². The van der Waals surface area contributed by atoms with E-state index in [1.807, 2.05) is 6.92 Å². The number of rotatable bonds is 4. The fraction of sp³-hybridized carbons (Fsp3) is 0.278. The van der Waals surface area contributed by atoms with E-state index in [9.17, 15) is 22.4 Å². The van der Waals surface area contributed by atoms with Crippen molar-refractivity contribution in [3.8, 4) is 16.9 Å². The summed E-state index contributed by atoms with van der Waals surface area (Å²) in [5.74, 6) is -2.44. The van der Waals surface area contributed by atoms with Crippen LogP contribution in [0.5, 0.6) is 5.75 Å². The van der Waals surface area contributed by atoms with Crippen LogP contribution in [0.15, 0.2) is 24.3 Å². The molecule has 0 saturated heterocycles. The quantitative estimate of drug-likeness (QED) is 0.569. The summed E-state index contributed by atoms with van der Waals surface area (Å²) in [6, 6.07) is 5.41. The summed E-state index contributed by atoms with van der Waals surface area (Å²) in [4.78, 5) is 10.4. The first-order chi connectivity index (χ1) is 11.5. The summed E-state index contributed by atoms with van der Waals surface area (Å²) in [7, 11) is 0. The van der Waals surface area contributed by atoms with Gasteiger partial charge in [0.05, 0.1) is 0 Å². The molecule has 0 fully saturated rings. The molecule has 2 nitrogen and oxygen atoms in total. The molecular weight excluding hydrogens is 324 g/mol. The lowest BCUT2D eigenvalue weighted by Crippen LogP contribution is -2.16. The molecule has 0 spiro atoms. The second-order valence-corrected chi connectivity index (χ2v) is 5.61. The van der Waals surface area contributed by atoms with Crippen molar-refractivity contribution in [1.29, 1.82) is 0 Å². The molecular formula is C18H14F4O2. The van der Waals surface area contributed by atoms with Gasteiger partial charge in [0.25, 0.3) is 6.47 Å². The number of carbonyl (C=O) groups is 1. The van der Waals surface area contributed by atoms with Crippen molar-refractivity contribution in [1.82, 2.24) is 0 Å². The smallest absolute Gasteiger partial charge is 0.298 e. The normalized spacial score (nSPS) is 18.7. The van der Waals surface area contributed by atoms with Gasteiger partial charge < -0.3 is 4.74 Å². The summed E-state index contributed by atoms with van der Waals surface area (Å²) in [6.45, 7) is 1.85. The van der Waals surface area contributed by atoms with Gasteiger partial charge in [0.1, 0.15) is 5.82 Å². The summed E-state index contributed by atoms with van der Waals surface area (Å²) in [5, 5.41) is 0. The number of benzene rings is 2. The summed E-state index contributed by atoms with van der Waals surface area (Å²) in [6.07, 6.45) is -3.65. The number of halogens is 4. The maximum Gasteiger partial charge on any atom is 0.298 e. The van der Waals surface area contributed by atoms with Crippen LogP contribution in [0.2, 0.25) is 0 Å². The topological polar surface area (TPSA) is 26.3 Å². The fourth-order valence-electron chi connectivity index (χ4n) is 3.12. The third-order valence-electron chi connectivity index (χ3n) is 4.20. The third-order valence-corrected chi connectivity index (χ3v) is 4.20. The predicted octanol–water partition coefficient (Wildman–Crippen LogP) is 5.15. The molecule has 0 saturated carbocycles. The van der Waals surface area contributed by atoms with E-state index in [-0.39, 0.29) is 23.2 Å². The second-order valence-electron chi connectivity index (χ2n) is 5.61. The Morgan fingerprint density at radius 1 is 1.00 bits per heavy atom. The Hall–Kier alpha value is -2.37. The van der Waals surface area contributed by atoms with Gasteiger partial charge in [0, 0.05) is 11.1 Å². The minimum absolute atomic E-state index is 0.00155. The van der Waals surface area contributed by atoms with Gasteiger partial charge >= 0.3 is 0 Å². The summed E-state index contributed by atoms with van der Waals surface area (Å²) >= 11 is 0. The van der Waals surface area contributed by atoms with Gasteiger partial charge in [-0.2, -0.15) is 0 Å². The highest BCUT2D eigenvalue weighted by atomic mass is 19.2. The van der Waals surface area contributed by atoms with Crippen LogP contribution in [0, 0.1) is 11.6 Å². The van der Waals surface area contributed by atoms with Crippen molar-refractivity contribution in [2.24, 2.45) is 0 Å². The van der Waals surface area contributed by atoms with Crippen molar-refractivity contribution in [2.45, 2.75) is 32.1 Å². The molecule has 6 heteroatoms. The molecule has 0 radical (unpaired) electrons. The molecule has 0 bridgehead atoms. The summed E-state index contributed by atoms with van der Waals surface area (Å²) < 4.78 is 62.4. The van der Waals surface area contributed by atoms with Crippen molar-refractivity contribution < 1.29 is 27.1 Å². The molecule has 0 N–H and O–H groups in total. The Bertz CT molecular complexity index is 804. The number of hydrogen-bond acceptors (Lipinski definition) is 2. The molecule has 3 rings (SSSR count). The lowest BCUT2D eigenvalue weighted by atomic mass is 9.81. The van der Waals surface area contributed by atoms with Gasteiger partial charge in [-0.15, -0.1) is 0 Å². The van der Waals surface area contributed by atoms with E-state index in [1.54, 1.807) is 0 Å². The first-order valence-corrected chi connectivity index (χ1v) is 7.53. The average Bonchev–Trinajstić information content (AvgIpc) is 2.56. The Morgan fingerprint density at radius 3 is 2.17 bits per heavy atom. The number of aryl methyl sites for hydroxylation is 1. The van der Waals surface area contributed by atoms with Crippen LogP contribution < -0.4 is 4.74 Å². The van der Waals surface area contributed by atoms with Crippen LogP contribution in [-0.2, 0) is 11.2 Å². The highest BCUT2D eigenvalue weighted by molar-refractivity contribution is 5.76. The number of hydrogen-bond donors (Lipinski definition) is 0. The van der Waals surface area contributed by atoms with E-state index in [2.05, 4.69) is 4.74 Å². The monoisotopic (exact) mass is 338 g/mol. The SMILES string of the molecule is CCCc1ccc2c(c1F)C(F)C(F)c1c-2ccc(OC=O)c1F. The van der Waals surface area contributed by atoms with Crippen LogP contribution >= 0.6 is 0 Å².